The van der Waals surface area contributed by atoms with Crippen molar-refractivity contribution < 1.29 is 13.6 Å². The highest BCUT2D eigenvalue weighted by Crippen LogP contribution is 2.49. The van der Waals surface area contributed by atoms with Crippen LogP contribution in [0.25, 0.3) is 0 Å². The quantitative estimate of drug-likeness (QED) is 0.734. The first-order chi connectivity index (χ1) is 14.6. The number of rotatable bonds is 4. The molecule has 30 heavy (non-hydrogen) atoms. The fraction of sp³-hybridized carbons (Fsp3) is 0.480. The maximum absolute atomic E-state index is 13.5. The Bertz CT molecular complexity index is 845. The smallest absolute Gasteiger partial charge is 0.226 e. The lowest BCUT2D eigenvalue weighted by Gasteiger charge is -2.41. The van der Waals surface area contributed by atoms with Gasteiger partial charge in [0.1, 0.15) is 11.6 Å². The summed E-state index contributed by atoms with van der Waals surface area (Å²) in [5.74, 6) is 1.43. The Labute approximate surface area is 176 Å². The predicted octanol–water partition coefficient (Wildman–Crippen LogP) is 4.63. The van der Waals surface area contributed by atoms with Crippen molar-refractivity contribution in [1.29, 1.82) is 0 Å². The number of amides is 1. The van der Waals surface area contributed by atoms with Gasteiger partial charge in [-0.15, -0.1) is 0 Å². The van der Waals surface area contributed by atoms with Crippen LogP contribution in [0.4, 0.5) is 8.78 Å². The Balaban J connectivity index is 1.31. The zero-order valence-electron chi connectivity index (χ0n) is 17.1. The highest BCUT2D eigenvalue weighted by molar-refractivity contribution is 5.79. The topological polar surface area (TPSA) is 23.6 Å². The van der Waals surface area contributed by atoms with E-state index in [2.05, 4.69) is 4.90 Å². The molecule has 5 rings (SSSR count). The molecular weight excluding hydrogens is 382 g/mol. The zero-order valence-corrected chi connectivity index (χ0v) is 17.1. The van der Waals surface area contributed by atoms with Crippen LogP contribution in [-0.4, -0.2) is 41.9 Å². The van der Waals surface area contributed by atoms with Gasteiger partial charge in [0.05, 0.1) is 6.04 Å². The van der Waals surface area contributed by atoms with Gasteiger partial charge in [0.2, 0.25) is 5.91 Å². The molecule has 0 N–H and O–H groups in total. The summed E-state index contributed by atoms with van der Waals surface area (Å²) in [6.45, 7) is 2.94. The van der Waals surface area contributed by atoms with Crippen molar-refractivity contribution in [1.82, 2.24) is 9.80 Å². The molecule has 3 unspecified atom stereocenters. The number of piperazine rings is 1. The van der Waals surface area contributed by atoms with Crippen molar-refractivity contribution in [2.75, 3.05) is 26.2 Å². The van der Waals surface area contributed by atoms with Gasteiger partial charge in [-0.25, -0.2) is 8.78 Å². The van der Waals surface area contributed by atoms with Crippen LogP contribution in [0.15, 0.2) is 48.5 Å². The number of benzene rings is 2. The lowest BCUT2D eigenvalue weighted by Crippen LogP contribution is -2.51. The van der Waals surface area contributed by atoms with Gasteiger partial charge in [0, 0.05) is 32.1 Å². The van der Waals surface area contributed by atoms with E-state index in [4.69, 9.17) is 0 Å². The van der Waals surface area contributed by atoms with Crippen LogP contribution in [-0.2, 0) is 4.79 Å². The van der Waals surface area contributed by atoms with Crippen molar-refractivity contribution in [2.45, 2.75) is 31.7 Å². The summed E-state index contributed by atoms with van der Waals surface area (Å²) in [6, 6.07) is 13.0. The molecule has 1 aliphatic heterocycles. The summed E-state index contributed by atoms with van der Waals surface area (Å²) in [5.41, 5.74) is 1.96. The first-order valence-corrected chi connectivity index (χ1v) is 11.1. The van der Waals surface area contributed by atoms with Gasteiger partial charge in [-0.2, -0.15) is 0 Å². The number of carbonyl (C=O) groups is 1. The van der Waals surface area contributed by atoms with Gasteiger partial charge in [-0.05, 0) is 66.5 Å². The molecule has 0 aromatic heterocycles. The molecule has 3 nitrogen and oxygen atoms in total. The second kappa shape index (κ2) is 8.10. The molecule has 2 aromatic carbocycles. The largest absolute Gasteiger partial charge is 0.340 e. The Hall–Kier alpha value is -2.27. The van der Waals surface area contributed by atoms with E-state index in [1.54, 1.807) is 24.3 Å². The second-order valence-electron chi connectivity index (χ2n) is 9.15. The van der Waals surface area contributed by atoms with Crippen molar-refractivity contribution in [3.05, 3.63) is 71.3 Å². The molecule has 2 aliphatic carbocycles. The highest BCUT2D eigenvalue weighted by atomic mass is 19.1. The molecule has 5 heteroatoms. The number of fused-ring (bicyclic) bond motifs is 2. The molecule has 3 aliphatic rings. The highest BCUT2D eigenvalue weighted by Gasteiger charge is 2.44. The summed E-state index contributed by atoms with van der Waals surface area (Å²) >= 11 is 0. The lowest BCUT2D eigenvalue weighted by molar-refractivity contribution is -0.139. The number of halogens is 2. The van der Waals surface area contributed by atoms with Gasteiger partial charge < -0.3 is 4.90 Å². The Morgan fingerprint density at radius 1 is 0.800 bits per heavy atom. The van der Waals surface area contributed by atoms with E-state index >= 15 is 0 Å². The zero-order chi connectivity index (χ0) is 20.7. The van der Waals surface area contributed by atoms with Crippen LogP contribution < -0.4 is 0 Å². The molecular formula is C25H28F2N2O. The number of carbonyl (C=O) groups excluding carboxylic acids is 1. The molecule has 2 saturated carbocycles. The molecule has 1 saturated heterocycles. The third-order valence-electron chi connectivity index (χ3n) is 7.42. The molecule has 0 spiro atoms. The monoisotopic (exact) mass is 410 g/mol. The Kier molecular flexibility index (Phi) is 5.32. The summed E-state index contributed by atoms with van der Waals surface area (Å²) in [6.07, 6.45) is 4.85. The third-order valence-corrected chi connectivity index (χ3v) is 7.42. The first kappa shape index (κ1) is 19.7. The van der Waals surface area contributed by atoms with Gasteiger partial charge in [0.25, 0.3) is 0 Å². The normalized spacial score (nSPS) is 26.5. The van der Waals surface area contributed by atoms with Crippen LogP contribution in [0, 0.1) is 29.4 Å². The number of nitrogens with zero attached hydrogens (tertiary/aromatic N) is 2. The Morgan fingerprint density at radius 3 is 1.83 bits per heavy atom. The molecule has 3 atom stereocenters. The van der Waals surface area contributed by atoms with Gasteiger partial charge in [0.15, 0.2) is 0 Å². The van der Waals surface area contributed by atoms with Crippen molar-refractivity contribution in [3.8, 4) is 0 Å². The molecule has 2 aromatic rings. The van der Waals surface area contributed by atoms with E-state index < -0.39 is 0 Å². The van der Waals surface area contributed by atoms with Crippen LogP contribution in [0.1, 0.15) is 42.9 Å². The minimum atomic E-state index is -0.266. The van der Waals surface area contributed by atoms with Gasteiger partial charge in [-0.1, -0.05) is 30.7 Å². The maximum Gasteiger partial charge on any atom is 0.226 e. The van der Waals surface area contributed by atoms with E-state index in [1.165, 1.54) is 43.5 Å². The Morgan fingerprint density at radius 2 is 1.37 bits per heavy atom. The maximum atomic E-state index is 13.5. The fourth-order valence-corrected chi connectivity index (χ4v) is 5.89. The second-order valence-corrected chi connectivity index (χ2v) is 9.15. The summed E-state index contributed by atoms with van der Waals surface area (Å²) < 4.78 is 27.0. The molecule has 1 amide bonds. The lowest BCUT2D eigenvalue weighted by atomic mass is 9.87. The van der Waals surface area contributed by atoms with E-state index in [0.29, 0.717) is 24.9 Å². The van der Waals surface area contributed by atoms with E-state index in [-0.39, 0.29) is 23.6 Å². The third kappa shape index (κ3) is 3.76. The average molecular weight is 411 g/mol. The number of hydrogen-bond donors (Lipinski definition) is 0. The van der Waals surface area contributed by atoms with Crippen LogP contribution in [0.5, 0.6) is 0 Å². The summed E-state index contributed by atoms with van der Waals surface area (Å²) in [5, 5.41) is 0. The van der Waals surface area contributed by atoms with E-state index in [9.17, 15) is 13.6 Å². The van der Waals surface area contributed by atoms with Crippen molar-refractivity contribution in [3.63, 3.8) is 0 Å². The molecule has 0 radical (unpaired) electrons. The average Bonchev–Trinajstić information content (AvgIpc) is 3.40. The van der Waals surface area contributed by atoms with Gasteiger partial charge >= 0.3 is 0 Å². The molecule has 3 fully saturated rings. The minimum Gasteiger partial charge on any atom is -0.340 e. The van der Waals surface area contributed by atoms with Crippen LogP contribution in [0.3, 0.4) is 0 Å². The van der Waals surface area contributed by atoms with Crippen molar-refractivity contribution >= 4 is 5.91 Å². The SMILES string of the molecule is O=C(C1CC2CCC1C2)N1CCN(C(c2ccc(F)cc2)c2ccc(F)cc2)CC1. The molecule has 2 bridgehead atoms. The molecule has 1 heterocycles. The van der Waals surface area contributed by atoms with Crippen molar-refractivity contribution in [2.24, 2.45) is 17.8 Å². The minimum absolute atomic E-state index is 0.0778. The summed E-state index contributed by atoms with van der Waals surface area (Å²) in [4.78, 5) is 17.5. The number of hydrogen-bond acceptors (Lipinski definition) is 2. The predicted molar refractivity (Wildman–Crippen MR) is 112 cm³/mol. The van der Waals surface area contributed by atoms with Gasteiger partial charge in [-0.3, -0.25) is 9.69 Å². The first-order valence-electron chi connectivity index (χ1n) is 11.1. The van der Waals surface area contributed by atoms with E-state index in [0.717, 1.165) is 36.6 Å². The van der Waals surface area contributed by atoms with Crippen LogP contribution >= 0.6 is 0 Å². The standard InChI is InChI=1S/C25H28F2N2O/c26-21-7-3-18(4-8-21)24(19-5-9-22(27)10-6-19)28-11-13-29(14-12-28)25(30)23-16-17-1-2-20(23)15-17/h3-10,17,20,23-24H,1-2,11-16H2. The summed E-state index contributed by atoms with van der Waals surface area (Å²) in [7, 11) is 0. The molecule has 158 valence electrons. The fourth-order valence-electron chi connectivity index (χ4n) is 5.89. The van der Waals surface area contributed by atoms with Crippen LogP contribution in [0.2, 0.25) is 0 Å². The van der Waals surface area contributed by atoms with E-state index in [1.807, 2.05) is 4.90 Å².